The van der Waals surface area contributed by atoms with Gasteiger partial charge >= 0.3 is 0 Å². The largest absolute Gasteiger partial charge is 0.393 e. The molecule has 2 nitrogen and oxygen atoms in total. The van der Waals surface area contributed by atoms with Gasteiger partial charge in [0.1, 0.15) is 0 Å². The third kappa shape index (κ3) is 15.3. The van der Waals surface area contributed by atoms with Gasteiger partial charge in [0.2, 0.25) is 0 Å². The highest BCUT2D eigenvalue weighted by Crippen LogP contribution is 2.40. The first-order valence-electron chi connectivity index (χ1n) is 15.6. The van der Waals surface area contributed by atoms with Gasteiger partial charge in [0.25, 0.3) is 0 Å². The lowest BCUT2D eigenvalue weighted by molar-refractivity contribution is -0.122. The second kappa shape index (κ2) is 18.5. The van der Waals surface area contributed by atoms with E-state index in [1.54, 1.807) is 13.0 Å². The van der Waals surface area contributed by atoms with Crippen LogP contribution in [0.5, 0.6) is 0 Å². The van der Waals surface area contributed by atoms with E-state index in [0.717, 1.165) is 30.4 Å². The first kappa shape index (κ1) is 37.1. The Kier molecular flexibility index (Phi) is 16.4. The molecule has 1 atom stereocenters. The predicted molar refractivity (Wildman–Crippen MR) is 185 cm³/mol. The Morgan fingerprint density at radius 1 is 0.833 bits per heavy atom. The minimum Gasteiger partial charge on any atom is -0.393 e. The van der Waals surface area contributed by atoms with Crippen molar-refractivity contribution in [2.45, 2.75) is 114 Å². The van der Waals surface area contributed by atoms with Gasteiger partial charge in [-0.05, 0) is 97.1 Å². The zero-order chi connectivity index (χ0) is 31.8. The lowest BCUT2D eigenvalue weighted by atomic mass is 9.72. The SMILES string of the molecule is CC1=C(/C=C/C(C)=C/C=C/C(C)=C/C=C/C=C(C)/C=C/C=C(C)/C=C/C(=O)C(C)(C)CCC[C@H](C)O)C(C)(C)CCC1. The average molecular weight is 571 g/mol. The van der Waals surface area contributed by atoms with E-state index in [1.165, 1.54) is 41.6 Å². The average Bonchev–Trinajstić information content (AvgIpc) is 2.88. The number of carbonyl (C=O) groups excluding carboxylic acids is 1. The molecule has 0 unspecified atom stereocenters. The Balaban J connectivity index is 2.61. The van der Waals surface area contributed by atoms with Crippen molar-refractivity contribution in [1.29, 1.82) is 0 Å². The summed E-state index contributed by atoms with van der Waals surface area (Å²) in [6, 6.07) is 0. The van der Waals surface area contributed by atoms with E-state index in [0.29, 0.717) is 0 Å². The topological polar surface area (TPSA) is 37.3 Å². The molecule has 0 spiro atoms. The number of aliphatic hydroxyl groups excluding tert-OH is 1. The molecule has 0 aromatic carbocycles. The van der Waals surface area contributed by atoms with Crippen molar-refractivity contribution in [3.05, 3.63) is 119 Å². The van der Waals surface area contributed by atoms with Crippen molar-refractivity contribution in [3.63, 3.8) is 0 Å². The molecule has 42 heavy (non-hydrogen) atoms. The molecule has 0 fully saturated rings. The summed E-state index contributed by atoms with van der Waals surface area (Å²) in [7, 11) is 0. The van der Waals surface area contributed by atoms with Gasteiger partial charge in [-0.15, -0.1) is 0 Å². The van der Waals surface area contributed by atoms with Gasteiger partial charge in [0, 0.05) is 5.41 Å². The van der Waals surface area contributed by atoms with Crippen molar-refractivity contribution < 1.29 is 9.90 Å². The summed E-state index contributed by atoms with van der Waals surface area (Å²) in [6.45, 7) is 21.1. The zero-order valence-corrected chi connectivity index (χ0v) is 28.3. The van der Waals surface area contributed by atoms with E-state index >= 15 is 0 Å². The van der Waals surface area contributed by atoms with Gasteiger partial charge in [-0.2, -0.15) is 0 Å². The molecule has 1 rings (SSSR count). The smallest absolute Gasteiger partial charge is 0.161 e. The van der Waals surface area contributed by atoms with E-state index < -0.39 is 5.41 Å². The number of allylic oxidation sites excluding steroid dienone is 20. The van der Waals surface area contributed by atoms with E-state index in [2.05, 4.69) is 102 Å². The zero-order valence-electron chi connectivity index (χ0n) is 28.3. The molecule has 1 aliphatic carbocycles. The fourth-order valence-corrected chi connectivity index (χ4v) is 4.96. The van der Waals surface area contributed by atoms with Crippen LogP contribution in [0.4, 0.5) is 0 Å². The van der Waals surface area contributed by atoms with Crippen molar-refractivity contribution in [3.8, 4) is 0 Å². The van der Waals surface area contributed by atoms with Crippen LogP contribution in [0.3, 0.4) is 0 Å². The molecule has 1 N–H and O–H groups in total. The van der Waals surface area contributed by atoms with Crippen LogP contribution in [0.25, 0.3) is 0 Å². The van der Waals surface area contributed by atoms with Crippen LogP contribution in [-0.2, 0) is 4.79 Å². The van der Waals surface area contributed by atoms with Gasteiger partial charge in [-0.25, -0.2) is 0 Å². The third-order valence-electron chi connectivity index (χ3n) is 7.91. The Morgan fingerprint density at radius 3 is 1.86 bits per heavy atom. The van der Waals surface area contributed by atoms with Crippen molar-refractivity contribution >= 4 is 5.78 Å². The molecule has 0 heterocycles. The first-order valence-corrected chi connectivity index (χ1v) is 15.6. The molecule has 0 aliphatic heterocycles. The number of ketones is 1. The Hall–Kier alpha value is -2.97. The molecular formula is C40H58O2. The number of rotatable bonds is 15. The highest BCUT2D eigenvalue weighted by molar-refractivity contribution is 5.94. The van der Waals surface area contributed by atoms with Gasteiger partial charge in [-0.3, -0.25) is 4.79 Å². The lowest BCUT2D eigenvalue weighted by Gasteiger charge is -2.32. The minimum absolute atomic E-state index is 0.124. The maximum absolute atomic E-state index is 12.6. The number of carbonyl (C=O) groups is 1. The molecule has 0 saturated heterocycles. The summed E-state index contributed by atoms with van der Waals surface area (Å²) in [4.78, 5) is 12.6. The molecule has 2 heteroatoms. The summed E-state index contributed by atoms with van der Waals surface area (Å²) in [5, 5.41) is 9.44. The molecule has 0 amide bonds. The predicted octanol–water partition coefficient (Wildman–Crippen LogP) is 11.2. The molecule has 0 saturated carbocycles. The Labute approximate surface area is 258 Å². The van der Waals surface area contributed by atoms with Crippen molar-refractivity contribution in [2.75, 3.05) is 0 Å². The first-order chi connectivity index (χ1) is 19.6. The molecule has 230 valence electrons. The monoisotopic (exact) mass is 570 g/mol. The normalized spacial score (nSPS) is 19.0. The van der Waals surface area contributed by atoms with Gasteiger partial charge < -0.3 is 5.11 Å². The van der Waals surface area contributed by atoms with Crippen LogP contribution in [0, 0.1) is 10.8 Å². The summed E-state index contributed by atoms with van der Waals surface area (Å²) in [5.41, 5.74) is 7.51. The number of hydrogen-bond donors (Lipinski definition) is 1. The Bertz CT molecular complexity index is 1190. The van der Waals surface area contributed by atoms with Gasteiger partial charge in [0.05, 0.1) is 6.10 Å². The van der Waals surface area contributed by atoms with E-state index in [4.69, 9.17) is 0 Å². The second-order valence-corrected chi connectivity index (χ2v) is 13.3. The van der Waals surface area contributed by atoms with Crippen molar-refractivity contribution in [2.24, 2.45) is 10.8 Å². The van der Waals surface area contributed by atoms with Crippen LogP contribution in [0.15, 0.2) is 119 Å². The number of hydrogen-bond acceptors (Lipinski definition) is 2. The minimum atomic E-state index is -0.411. The van der Waals surface area contributed by atoms with E-state index in [9.17, 15) is 9.90 Å². The summed E-state index contributed by atoms with van der Waals surface area (Å²) in [6.07, 6.45) is 34.8. The highest BCUT2D eigenvalue weighted by atomic mass is 16.3. The van der Waals surface area contributed by atoms with Crippen LogP contribution in [0.1, 0.15) is 108 Å². The fraction of sp³-hybridized carbons (Fsp3) is 0.475. The van der Waals surface area contributed by atoms with Crippen molar-refractivity contribution in [1.82, 2.24) is 0 Å². The lowest BCUT2D eigenvalue weighted by Crippen LogP contribution is -2.22. The molecule has 0 bridgehead atoms. The van der Waals surface area contributed by atoms with E-state index in [1.807, 2.05) is 39.0 Å². The van der Waals surface area contributed by atoms with Gasteiger partial charge in [0.15, 0.2) is 5.78 Å². The maximum Gasteiger partial charge on any atom is 0.161 e. The molecular weight excluding hydrogens is 512 g/mol. The summed E-state index contributed by atoms with van der Waals surface area (Å²) >= 11 is 0. The number of aliphatic hydroxyl groups is 1. The summed E-state index contributed by atoms with van der Waals surface area (Å²) < 4.78 is 0. The fourth-order valence-electron chi connectivity index (χ4n) is 4.96. The van der Waals surface area contributed by atoms with Crippen LogP contribution >= 0.6 is 0 Å². The third-order valence-corrected chi connectivity index (χ3v) is 7.91. The standard InChI is InChI=1S/C40H58O2/c1-31(19-13-21-33(3)25-27-37-35(5)23-15-29-39(37,7)8)17-11-12-18-32(2)20-14-22-34(4)26-28-38(42)40(9,10)30-16-24-36(6)41/h11-14,17-22,25-28,36,41H,15-16,23-24,29-30H2,1-10H3/b12-11+,19-13+,20-14+,27-25+,28-26+,31-17+,32-18+,33-21+,34-22+/t36-/m0/s1. The Morgan fingerprint density at radius 2 is 1.33 bits per heavy atom. The maximum atomic E-state index is 12.6. The molecule has 0 aromatic heterocycles. The quantitative estimate of drug-likeness (QED) is 0.157. The molecule has 0 aromatic rings. The molecule has 0 radical (unpaired) electrons. The van der Waals surface area contributed by atoms with Gasteiger partial charge in [-0.1, -0.05) is 135 Å². The summed E-state index contributed by atoms with van der Waals surface area (Å²) in [5.74, 6) is 0.124. The van der Waals surface area contributed by atoms with Crippen LogP contribution in [-0.4, -0.2) is 17.0 Å². The van der Waals surface area contributed by atoms with Crippen LogP contribution < -0.4 is 0 Å². The second-order valence-electron chi connectivity index (χ2n) is 13.3. The molecule has 1 aliphatic rings. The van der Waals surface area contributed by atoms with Crippen LogP contribution in [0.2, 0.25) is 0 Å². The van der Waals surface area contributed by atoms with E-state index in [-0.39, 0.29) is 17.3 Å². The highest BCUT2D eigenvalue weighted by Gasteiger charge is 2.26.